The first-order valence-corrected chi connectivity index (χ1v) is 9.31. The third kappa shape index (κ3) is 4.45. The van der Waals surface area contributed by atoms with E-state index in [2.05, 4.69) is 21.2 Å². The quantitative estimate of drug-likeness (QED) is 0.666. The molecule has 0 unspecified atom stereocenters. The predicted molar refractivity (Wildman–Crippen MR) is 102 cm³/mol. The molecule has 2 aromatic rings. The van der Waals surface area contributed by atoms with Crippen LogP contribution < -0.4 is 5.32 Å². The monoisotopic (exact) mass is 470 g/mol. The summed E-state index contributed by atoms with van der Waals surface area (Å²) in [5.41, 5.74) is 0.210. The molecular weight excluding hydrogens is 461 g/mol. The summed E-state index contributed by atoms with van der Waals surface area (Å²) >= 11 is 3.65. The summed E-state index contributed by atoms with van der Waals surface area (Å²) in [4.78, 5) is 37.3. The molecule has 144 valence electrons. The minimum absolute atomic E-state index is 0.0595. The van der Waals surface area contributed by atoms with Crippen LogP contribution in [0, 0.1) is 17.5 Å². The fourth-order valence-corrected chi connectivity index (χ4v) is 3.55. The lowest BCUT2D eigenvalue weighted by molar-refractivity contribution is -0.127. The predicted octanol–water partition coefficient (Wildman–Crippen LogP) is 4.54. The van der Waals surface area contributed by atoms with Crippen molar-refractivity contribution in [1.82, 2.24) is 4.90 Å². The number of thioether (sulfide) groups is 1. The average Bonchev–Trinajstić information content (AvgIpc) is 2.88. The number of benzene rings is 2. The van der Waals surface area contributed by atoms with Crippen LogP contribution in [0.15, 0.2) is 45.8 Å². The van der Waals surface area contributed by atoms with E-state index in [0.29, 0.717) is 28.3 Å². The number of halogens is 4. The maximum Gasteiger partial charge on any atom is 0.294 e. The second-order valence-electron chi connectivity index (χ2n) is 5.61. The molecule has 0 aliphatic carbocycles. The molecule has 0 radical (unpaired) electrons. The Morgan fingerprint density at radius 3 is 2.54 bits per heavy atom. The molecule has 1 aliphatic rings. The number of nitrogens with zero attached hydrogens (tertiary/aromatic N) is 1. The van der Waals surface area contributed by atoms with E-state index in [9.17, 15) is 27.6 Å². The number of imide groups is 1. The lowest BCUT2D eigenvalue weighted by Crippen LogP contribution is -2.36. The Labute approximate surface area is 169 Å². The molecule has 1 N–H and O–H groups in total. The Bertz CT molecular complexity index is 1030. The molecule has 28 heavy (non-hydrogen) atoms. The van der Waals surface area contributed by atoms with Crippen LogP contribution in [0.3, 0.4) is 0 Å². The highest BCUT2D eigenvalue weighted by Gasteiger charge is 2.36. The summed E-state index contributed by atoms with van der Waals surface area (Å²) in [5, 5.41) is 1.51. The number of rotatable bonds is 4. The maximum absolute atomic E-state index is 13.6. The zero-order valence-corrected chi connectivity index (χ0v) is 16.2. The zero-order valence-electron chi connectivity index (χ0n) is 13.8. The highest BCUT2D eigenvalue weighted by molar-refractivity contribution is 9.10. The third-order valence-corrected chi connectivity index (χ3v) is 5.14. The maximum atomic E-state index is 13.6. The first-order valence-electron chi connectivity index (χ1n) is 7.70. The summed E-state index contributed by atoms with van der Waals surface area (Å²) in [5.74, 6) is -3.79. The number of amides is 3. The number of nitrogens with one attached hydrogen (secondary N) is 1. The van der Waals surface area contributed by atoms with Gasteiger partial charge in [-0.15, -0.1) is 0 Å². The van der Waals surface area contributed by atoms with Gasteiger partial charge in [0, 0.05) is 6.07 Å². The molecule has 3 rings (SSSR count). The largest absolute Gasteiger partial charge is 0.322 e. The normalized spacial score (nSPS) is 15.4. The van der Waals surface area contributed by atoms with Crippen LogP contribution in [0.5, 0.6) is 0 Å². The van der Waals surface area contributed by atoms with Crippen molar-refractivity contribution in [3.8, 4) is 0 Å². The Morgan fingerprint density at radius 2 is 1.86 bits per heavy atom. The van der Waals surface area contributed by atoms with Crippen LogP contribution in [0.4, 0.5) is 23.7 Å². The van der Waals surface area contributed by atoms with E-state index in [1.54, 1.807) is 0 Å². The molecule has 0 atom stereocenters. The Kier molecular flexibility index (Phi) is 5.90. The molecule has 0 saturated carbocycles. The number of carbonyl (C=O) groups is 3. The zero-order chi connectivity index (χ0) is 20.4. The smallest absolute Gasteiger partial charge is 0.294 e. The van der Waals surface area contributed by atoms with Crippen LogP contribution in [0.25, 0.3) is 6.08 Å². The van der Waals surface area contributed by atoms with Crippen molar-refractivity contribution in [3.05, 3.63) is 68.8 Å². The molecule has 5 nitrogen and oxygen atoms in total. The van der Waals surface area contributed by atoms with Gasteiger partial charge >= 0.3 is 0 Å². The molecule has 10 heteroatoms. The summed E-state index contributed by atoms with van der Waals surface area (Å²) in [7, 11) is 0. The molecule has 0 bridgehead atoms. The topological polar surface area (TPSA) is 66.5 Å². The van der Waals surface area contributed by atoms with Gasteiger partial charge in [-0.1, -0.05) is 6.07 Å². The van der Waals surface area contributed by atoms with E-state index in [4.69, 9.17) is 0 Å². The van der Waals surface area contributed by atoms with Crippen molar-refractivity contribution in [1.29, 1.82) is 0 Å². The standard InChI is InChI=1S/C18H10BrF3N2O3S/c19-11-5-9(1-3-12(11)21)6-15-17(26)24(18(27)28-15)8-16(25)23-14-4-2-10(20)7-13(14)22/h1-7H,8H2,(H,23,25)/b15-6+. The summed E-state index contributed by atoms with van der Waals surface area (Å²) in [6.07, 6.45) is 1.40. The fraction of sp³-hybridized carbons (Fsp3) is 0.0556. The van der Waals surface area contributed by atoms with E-state index in [0.717, 1.165) is 12.1 Å². The third-order valence-electron chi connectivity index (χ3n) is 3.62. The van der Waals surface area contributed by atoms with Crippen LogP contribution >= 0.6 is 27.7 Å². The molecule has 3 amide bonds. The molecule has 1 heterocycles. The van der Waals surface area contributed by atoms with Gasteiger partial charge < -0.3 is 5.32 Å². The van der Waals surface area contributed by atoms with Crippen LogP contribution in [-0.4, -0.2) is 28.5 Å². The van der Waals surface area contributed by atoms with Crippen LogP contribution in [0.1, 0.15) is 5.56 Å². The van der Waals surface area contributed by atoms with Gasteiger partial charge in [0.15, 0.2) is 0 Å². The second kappa shape index (κ2) is 8.19. The highest BCUT2D eigenvalue weighted by atomic mass is 79.9. The number of anilines is 1. The Balaban J connectivity index is 1.71. The molecule has 0 spiro atoms. The van der Waals surface area contributed by atoms with Crippen molar-refractivity contribution in [2.45, 2.75) is 0 Å². The molecular formula is C18H10BrF3N2O3S. The van der Waals surface area contributed by atoms with Gasteiger partial charge in [0.25, 0.3) is 11.1 Å². The van der Waals surface area contributed by atoms with Gasteiger partial charge in [-0.05, 0) is 63.6 Å². The molecule has 2 aromatic carbocycles. The van der Waals surface area contributed by atoms with Crippen molar-refractivity contribution >= 4 is 56.5 Å². The summed E-state index contributed by atoms with van der Waals surface area (Å²) in [6, 6.07) is 6.65. The number of carbonyl (C=O) groups excluding carboxylic acids is 3. The number of hydrogen-bond donors (Lipinski definition) is 1. The van der Waals surface area contributed by atoms with E-state index < -0.39 is 41.0 Å². The fourth-order valence-electron chi connectivity index (χ4n) is 2.31. The number of hydrogen-bond acceptors (Lipinski definition) is 4. The molecule has 1 saturated heterocycles. The Hall–Kier alpha value is -2.59. The first kappa shape index (κ1) is 20.2. The molecule has 1 fully saturated rings. The van der Waals surface area contributed by atoms with Gasteiger partial charge in [-0.2, -0.15) is 0 Å². The second-order valence-corrected chi connectivity index (χ2v) is 7.46. The van der Waals surface area contributed by atoms with Crippen LogP contribution in [0.2, 0.25) is 0 Å². The first-order chi connectivity index (χ1) is 13.2. The van der Waals surface area contributed by atoms with Gasteiger partial charge in [-0.25, -0.2) is 13.2 Å². The molecule has 0 aromatic heterocycles. The van der Waals surface area contributed by atoms with E-state index in [1.165, 1.54) is 24.3 Å². The lowest BCUT2D eigenvalue weighted by atomic mass is 10.2. The lowest BCUT2D eigenvalue weighted by Gasteiger charge is -2.12. The van der Waals surface area contributed by atoms with Crippen molar-refractivity contribution in [3.63, 3.8) is 0 Å². The van der Waals surface area contributed by atoms with Crippen molar-refractivity contribution in [2.75, 3.05) is 11.9 Å². The molecule has 1 aliphatic heterocycles. The minimum atomic E-state index is -0.982. The van der Waals surface area contributed by atoms with E-state index in [-0.39, 0.29) is 15.1 Å². The van der Waals surface area contributed by atoms with Gasteiger partial charge in [0.2, 0.25) is 5.91 Å². The summed E-state index contributed by atoms with van der Waals surface area (Å²) in [6.45, 7) is -0.633. The summed E-state index contributed by atoms with van der Waals surface area (Å²) < 4.78 is 40.0. The van der Waals surface area contributed by atoms with E-state index >= 15 is 0 Å². The van der Waals surface area contributed by atoms with E-state index in [1.807, 2.05) is 0 Å². The highest BCUT2D eigenvalue weighted by Crippen LogP contribution is 2.32. The minimum Gasteiger partial charge on any atom is -0.322 e. The van der Waals surface area contributed by atoms with Crippen LogP contribution in [-0.2, 0) is 9.59 Å². The average molecular weight is 471 g/mol. The van der Waals surface area contributed by atoms with Crippen molar-refractivity contribution < 1.29 is 27.6 Å². The van der Waals surface area contributed by atoms with Gasteiger partial charge in [0.1, 0.15) is 24.0 Å². The van der Waals surface area contributed by atoms with Gasteiger partial charge in [0.05, 0.1) is 15.1 Å². The van der Waals surface area contributed by atoms with Crippen molar-refractivity contribution in [2.24, 2.45) is 0 Å². The SMILES string of the molecule is O=C(CN1C(=O)S/C(=C/c2ccc(F)c(Br)c2)C1=O)Nc1ccc(F)cc1F. The Morgan fingerprint density at radius 1 is 1.11 bits per heavy atom. The van der Waals surface area contributed by atoms with Gasteiger partial charge in [-0.3, -0.25) is 19.3 Å².